The Morgan fingerprint density at radius 1 is 1.00 bits per heavy atom. The van der Waals surface area contributed by atoms with Crippen molar-refractivity contribution in [3.8, 4) is 0 Å². The number of nitrogens with zero attached hydrogens (tertiary/aromatic N) is 5. The molecule has 1 N–H and O–H groups in total. The summed E-state index contributed by atoms with van der Waals surface area (Å²) in [6.45, 7) is 13.4. The van der Waals surface area contributed by atoms with E-state index < -0.39 is 0 Å². The lowest BCUT2D eigenvalue weighted by Gasteiger charge is -2.38. The molecule has 0 amide bonds. The van der Waals surface area contributed by atoms with Crippen LogP contribution in [0.15, 0.2) is 35.3 Å². The zero-order valence-corrected chi connectivity index (χ0v) is 20.0. The van der Waals surface area contributed by atoms with E-state index in [2.05, 4.69) is 74.2 Å². The summed E-state index contributed by atoms with van der Waals surface area (Å²) in [5.41, 5.74) is 1.32. The Kier molecular flexibility index (Phi) is 9.81. The lowest BCUT2D eigenvalue weighted by Crippen LogP contribution is -2.53. The summed E-state index contributed by atoms with van der Waals surface area (Å²) in [5, 5.41) is 3.61. The Hall–Kier alpha value is -1.06. The van der Waals surface area contributed by atoms with Crippen molar-refractivity contribution in [2.45, 2.75) is 6.92 Å². The molecule has 2 aliphatic heterocycles. The monoisotopic (exact) mass is 500 g/mol. The van der Waals surface area contributed by atoms with Crippen LogP contribution in [-0.4, -0.2) is 100 Å². The predicted molar refractivity (Wildman–Crippen MR) is 130 cm³/mol. The predicted octanol–water partition coefficient (Wildman–Crippen LogP) is 1.89. The maximum Gasteiger partial charge on any atom is 0.193 e. The number of rotatable bonds is 5. The van der Waals surface area contributed by atoms with Crippen LogP contribution in [0.3, 0.4) is 0 Å². The van der Waals surface area contributed by atoms with Gasteiger partial charge in [0, 0.05) is 78.2 Å². The lowest BCUT2D eigenvalue weighted by atomic mass is 10.1. The second-order valence-electron chi connectivity index (χ2n) is 7.95. The van der Waals surface area contributed by atoms with Gasteiger partial charge in [-0.3, -0.25) is 4.99 Å². The van der Waals surface area contributed by atoms with E-state index in [4.69, 9.17) is 0 Å². The van der Waals surface area contributed by atoms with Gasteiger partial charge in [-0.15, -0.1) is 24.0 Å². The van der Waals surface area contributed by atoms with Crippen LogP contribution in [0, 0.1) is 5.92 Å². The van der Waals surface area contributed by atoms with E-state index in [1.807, 2.05) is 7.05 Å². The number of piperazine rings is 2. The molecular formula is C21H37IN6. The molecule has 2 saturated heterocycles. The van der Waals surface area contributed by atoms with E-state index in [1.54, 1.807) is 0 Å². The maximum atomic E-state index is 4.53. The first kappa shape index (κ1) is 23.2. The normalized spacial score (nSPS) is 20.6. The van der Waals surface area contributed by atoms with Gasteiger partial charge in [0.15, 0.2) is 5.96 Å². The van der Waals surface area contributed by atoms with Gasteiger partial charge in [-0.2, -0.15) is 0 Å². The van der Waals surface area contributed by atoms with E-state index in [1.165, 1.54) is 38.4 Å². The quantitative estimate of drug-likeness (QED) is 0.380. The molecular weight excluding hydrogens is 463 g/mol. The number of anilines is 1. The Balaban J connectivity index is 0.00000280. The summed E-state index contributed by atoms with van der Waals surface area (Å²) in [5.74, 6) is 1.67. The van der Waals surface area contributed by atoms with Gasteiger partial charge in [0.1, 0.15) is 0 Å². The molecule has 1 aromatic carbocycles. The van der Waals surface area contributed by atoms with Crippen molar-refractivity contribution < 1.29 is 0 Å². The van der Waals surface area contributed by atoms with E-state index in [0.29, 0.717) is 5.92 Å². The molecule has 0 spiro atoms. The van der Waals surface area contributed by atoms with Crippen molar-refractivity contribution in [2.24, 2.45) is 10.9 Å². The van der Waals surface area contributed by atoms with Crippen molar-refractivity contribution in [1.82, 2.24) is 20.0 Å². The average Bonchev–Trinajstić information content (AvgIpc) is 2.71. The van der Waals surface area contributed by atoms with Gasteiger partial charge in [-0.1, -0.05) is 25.1 Å². The molecule has 2 fully saturated rings. The molecule has 28 heavy (non-hydrogen) atoms. The van der Waals surface area contributed by atoms with Gasteiger partial charge in [-0.25, -0.2) is 0 Å². The summed E-state index contributed by atoms with van der Waals surface area (Å²) in [4.78, 5) is 14.4. The van der Waals surface area contributed by atoms with E-state index >= 15 is 0 Å². The summed E-state index contributed by atoms with van der Waals surface area (Å²) in [6, 6.07) is 10.7. The Bertz CT molecular complexity index is 580. The molecule has 3 rings (SSSR count). The van der Waals surface area contributed by atoms with Crippen LogP contribution < -0.4 is 10.2 Å². The second-order valence-corrected chi connectivity index (χ2v) is 7.95. The highest BCUT2D eigenvalue weighted by atomic mass is 127. The number of hydrogen-bond donors (Lipinski definition) is 1. The SMILES string of the molecule is CN=C(NCC(C)CN1CCN(C)CC1)N1CCN(c2ccccc2)CC1.I. The second kappa shape index (κ2) is 11.8. The third-order valence-electron chi connectivity index (χ3n) is 5.69. The molecule has 2 aliphatic rings. The Morgan fingerprint density at radius 2 is 1.64 bits per heavy atom. The van der Waals surface area contributed by atoms with Crippen molar-refractivity contribution in [2.75, 3.05) is 84.4 Å². The topological polar surface area (TPSA) is 37.4 Å². The third-order valence-corrected chi connectivity index (χ3v) is 5.69. The molecule has 0 aromatic heterocycles. The highest BCUT2D eigenvalue weighted by Crippen LogP contribution is 2.15. The lowest BCUT2D eigenvalue weighted by molar-refractivity contribution is 0.139. The molecule has 0 bridgehead atoms. The van der Waals surface area contributed by atoms with Crippen LogP contribution in [-0.2, 0) is 0 Å². The van der Waals surface area contributed by atoms with Crippen LogP contribution in [0.1, 0.15) is 6.92 Å². The summed E-state index contributed by atoms with van der Waals surface area (Å²) in [7, 11) is 4.11. The summed E-state index contributed by atoms with van der Waals surface area (Å²) < 4.78 is 0. The molecule has 1 aromatic rings. The van der Waals surface area contributed by atoms with Gasteiger partial charge in [-0.05, 0) is 25.1 Å². The van der Waals surface area contributed by atoms with Crippen LogP contribution in [0.4, 0.5) is 5.69 Å². The first-order valence-corrected chi connectivity index (χ1v) is 10.3. The largest absolute Gasteiger partial charge is 0.368 e. The fourth-order valence-corrected chi connectivity index (χ4v) is 3.95. The van der Waals surface area contributed by atoms with Gasteiger partial charge in [0.25, 0.3) is 0 Å². The highest BCUT2D eigenvalue weighted by molar-refractivity contribution is 14.0. The Labute approximate surface area is 188 Å². The van der Waals surface area contributed by atoms with Crippen molar-refractivity contribution in [1.29, 1.82) is 0 Å². The zero-order chi connectivity index (χ0) is 19.1. The first-order valence-electron chi connectivity index (χ1n) is 10.3. The van der Waals surface area contributed by atoms with Gasteiger partial charge in [0.2, 0.25) is 0 Å². The minimum absolute atomic E-state index is 0. The van der Waals surface area contributed by atoms with E-state index in [-0.39, 0.29) is 24.0 Å². The molecule has 158 valence electrons. The molecule has 1 unspecified atom stereocenters. The fraction of sp³-hybridized carbons (Fsp3) is 0.667. The summed E-state index contributed by atoms with van der Waals surface area (Å²) in [6.07, 6.45) is 0. The van der Waals surface area contributed by atoms with Gasteiger partial charge >= 0.3 is 0 Å². The number of para-hydroxylation sites is 1. The summed E-state index contributed by atoms with van der Waals surface area (Å²) >= 11 is 0. The number of guanidine groups is 1. The first-order chi connectivity index (χ1) is 13.2. The molecule has 1 atom stereocenters. The number of nitrogens with one attached hydrogen (secondary N) is 1. The standard InChI is InChI=1S/C21H36N6.HI/c1-19(18-25-11-9-24(3)10-12-25)17-23-21(22-2)27-15-13-26(14-16-27)20-7-5-4-6-8-20;/h4-8,19H,9-18H2,1-3H3,(H,22,23);1H. The van der Waals surface area contributed by atoms with Crippen LogP contribution in [0.2, 0.25) is 0 Å². The number of hydrogen-bond acceptors (Lipinski definition) is 4. The smallest absolute Gasteiger partial charge is 0.193 e. The minimum atomic E-state index is 0. The maximum absolute atomic E-state index is 4.53. The van der Waals surface area contributed by atoms with Crippen molar-refractivity contribution in [3.05, 3.63) is 30.3 Å². The van der Waals surface area contributed by atoms with E-state index in [9.17, 15) is 0 Å². The van der Waals surface area contributed by atoms with Crippen LogP contribution in [0.5, 0.6) is 0 Å². The number of aliphatic imine (C=N–C) groups is 1. The molecule has 2 heterocycles. The third kappa shape index (κ3) is 6.77. The van der Waals surface area contributed by atoms with E-state index in [0.717, 1.165) is 38.7 Å². The average molecular weight is 500 g/mol. The molecule has 0 radical (unpaired) electrons. The molecule has 7 heteroatoms. The van der Waals surface area contributed by atoms with Crippen molar-refractivity contribution in [3.63, 3.8) is 0 Å². The van der Waals surface area contributed by atoms with Gasteiger partial charge < -0.3 is 24.9 Å². The number of benzene rings is 1. The molecule has 0 aliphatic carbocycles. The molecule has 0 saturated carbocycles. The highest BCUT2D eigenvalue weighted by Gasteiger charge is 2.21. The number of likely N-dealkylation sites (N-methyl/N-ethyl adjacent to an activating group) is 1. The molecule has 6 nitrogen and oxygen atoms in total. The van der Waals surface area contributed by atoms with Crippen molar-refractivity contribution >= 4 is 35.6 Å². The minimum Gasteiger partial charge on any atom is -0.368 e. The number of halogens is 1. The van der Waals surface area contributed by atoms with Crippen LogP contribution in [0.25, 0.3) is 0 Å². The van der Waals surface area contributed by atoms with Crippen LogP contribution >= 0.6 is 24.0 Å². The fourth-order valence-electron chi connectivity index (χ4n) is 3.95. The van der Waals surface area contributed by atoms with Gasteiger partial charge in [0.05, 0.1) is 0 Å². The zero-order valence-electron chi connectivity index (χ0n) is 17.7. The Morgan fingerprint density at radius 3 is 2.25 bits per heavy atom.